The van der Waals surface area contributed by atoms with Crippen molar-refractivity contribution in [3.8, 4) is 5.75 Å². The first-order valence-corrected chi connectivity index (χ1v) is 8.42. The molecular formula is C18H21NO2S. The first kappa shape index (κ1) is 15.1. The molecule has 1 N–H and O–H groups in total. The number of carbonyl (C=O) groups is 1. The van der Waals surface area contributed by atoms with Crippen LogP contribution in [0.3, 0.4) is 0 Å². The van der Waals surface area contributed by atoms with E-state index in [-0.39, 0.29) is 17.6 Å². The predicted octanol–water partition coefficient (Wildman–Crippen LogP) is 4.02. The molecule has 0 radical (unpaired) electrons. The number of hydrogen-bond acceptors (Lipinski definition) is 3. The van der Waals surface area contributed by atoms with Crippen molar-refractivity contribution in [3.05, 3.63) is 51.7 Å². The van der Waals surface area contributed by atoms with E-state index >= 15 is 0 Å². The molecule has 2 aromatic rings. The Morgan fingerprint density at radius 1 is 1.41 bits per heavy atom. The van der Waals surface area contributed by atoms with E-state index < -0.39 is 0 Å². The number of rotatable bonds is 3. The van der Waals surface area contributed by atoms with Crippen LogP contribution >= 0.6 is 11.3 Å². The normalized spacial score (nSPS) is 19.1. The molecule has 0 saturated heterocycles. The molecule has 1 amide bonds. The number of ether oxygens (including phenoxy) is 1. The Bertz CT molecular complexity index is 676. The molecule has 0 fully saturated rings. The van der Waals surface area contributed by atoms with E-state index in [0.29, 0.717) is 6.42 Å². The Morgan fingerprint density at radius 2 is 2.23 bits per heavy atom. The van der Waals surface area contributed by atoms with Crippen LogP contribution in [0.25, 0.3) is 0 Å². The Morgan fingerprint density at radius 3 is 2.95 bits per heavy atom. The van der Waals surface area contributed by atoms with Gasteiger partial charge in [0.15, 0.2) is 0 Å². The molecule has 1 atom stereocenters. The lowest BCUT2D eigenvalue weighted by molar-refractivity contribution is -0.121. The molecule has 1 aliphatic heterocycles. The highest BCUT2D eigenvalue weighted by Gasteiger charge is 2.34. The van der Waals surface area contributed by atoms with Crippen molar-refractivity contribution < 1.29 is 9.53 Å². The number of amides is 1. The van der Waals surface area contributed by atoms with Gasteiger partial charge < -0.3 is 10.1 Å². The molecule has 0 spiro atoms. The number of thiophene rings is 1. The third-order valence-electron chi connectivity index (χ3n) is 3.87. The summed E-state index contributed by atoms with van der Waals surface area (Å²) in [6, 6.07) is 10.1. The molecule has 1 aromatic carbocycles. The van der Waals surface area contributed by atoms with Crippen molar-refractivity contribution in [1.29, 1.82) is 0 Å². The van der Waals surface area contributed by atoms with Crippen LogP contribution in [0, 0.1) is 6.92 Å². The molecule has 2 heterocycles. The maximum absolute atomic E-state index is 12.3. The predicted molar refractivity (Wildman–Crippen MR) is 89.4 cm³/mol. The van der Waals surface area contributed by atoms with Gasteiger partial charge in [0.1, 0.15) is 11.4 Å². The lowest BCUT2D eigenvalue weighted by Crippen LogP contribution is -2.41. The third kappa shape index (κ3) is 3.33. The Kier molecular flexibility index (Phi) is 3.96. The van der Waals surface area contributed by atoms with Gasteiger partial charge in [-0.2, -0.15) is 0 Å². The van der Waals surface area contributed by atoms with Gasteiger partial charge in [0.2, 0.25) is 5.91 Å². The smallest absolute Gasteiger partial charge is 0.225 e. The van der Waals surface area contributed by atoms with E-state index in [2.05, 4.69) is 32.2 Å². The Balaban J connectivity index is 1.80. The molecule has 116 valence electrons. The SMILES string of the molecule is Cc1ccc2c(c1)[C@H](NC(=O)Cc1cccs1)CC(C)(C)O2. The van der Waals surface area contributed by atoms with Crippen molar-refractivity contribution in [1.82, 2.24) is 5.32 Å². The zero-order valence-corrected chi connectivity index (χ0v) is 14.0. The first-order chi connectivity index (χ1) is 10.4. The van der Waals surface area contributed by atoms with E-state index in [9.17, 15) is 4.79 Å². The summed E-state index contributed by atoms with van der Waals surface area (Å²) in [6.45, 7) is 6.19. The van der Waals surface area contributed by atoms with Gasteiger partial charge in [0, 0.05) is 16.9 Å². The zero-order valence-electron chi connectivity index (χ0n) is 13.2. The summed E-state index contributed by atoms with van der Waals surface area (Å²) in [5.41, 5.74) is 1.99. The number of benzene rings is 1. The standard InChI is InChI=1S/C18H21NO2S/c1-12-6-7-16-14(9-12)15(11-18(2,3)21-16)19-17(20)10-13-5-4-8-22-13/h4-9,15H,10-11H2,1-3H3,(H,19,20)/t15-/m1/s1. The molecule has 22 heavy (non-hydrogen) atoms. The number of aryl methyl sites for hydroxylation is 1. The highest BCUT2D eigenvalue weighted by atomic mass is 32.1. The van der Waals surface area contributed by atoms with E-state index in [1.165, 1.54) is 5.56 Å². The minimum Gasteiger partial charge on any atom is -0.487 e. The fourth-order valence-corrected chi connectivity index (χ4v) is 3.62. The summed E-state index contributed by atoms with van der Waals surface area (Å²) < 4.78 is 6.04. The second-order valence-electron chi connectivity index (χ2n) is 6.48. The van der Waals surface area contributed by atoms with Crippen molar-refractivity contribution >= 4 is 17.2 Å². The number of fused-ring (bicyclic) bond motifs is 1. The average molecular weight is 315 g/mol. The maximum atomic E-state index is 12.3. The van der Waals surface area contributed by atoms with Crippen molar-refractivity contribution in [2.24, 2.45) is 0 Å². The number of hydrogen-bond donors (Lipinski definition) is 1. The molecule has 1 aliphatic rings. The van der Waals surface area contributed by atoms with Crippen LogP contribution in [-0.4, -0.2) is 11.5 Å². The fraction of sp³-hybridized carbons (Fsp3) is 0.389. The van der Waals surface area contributed by atoms with Crippen molar-refractivity contribution in [3.63, 3.8) is 0 Å². The Hall–Kier alpha value is -1.81. The maximum Gasteiger partial charge on any atom is 0.225 e. The van der Waals surface area contributed by atoms with Crippen molar-refractivity contribution in [2.75, 3.05) is 0 Å². The quantitative estimate of drug-likeness (QED) is 0.929. The highest BCUT2D eigenvalue weighted by Crippen LogP contribution is 2.39. The third-order valence-corrected chi connectivity index (χ3v) is 4.75. The van der Waals surface area contributed by atoms with Gasteiger partial charge in [-0.3, -0.25) is 4.79 Å². The summed E-state index contributed by atoms with van der Waals surface area (Å²) in [6.07, 6.45) is 1.22. The summed E-state index contributed by atoms with van der Waals surface area (Å²) in [5, 5.41) is 5.18. The lowest BCUT2D eigenvalue weighted by Gasteiger charge is -2.38. The molecule has 3 rings (SSSR count). The molecule has 0 bridgehead atoms. The minimum atomic E-state index is -0.275. The molecule has 1 aromatic heterocycles. The van der Waals surface area contributed by atoms with Gasteiger partial charge in [0.25, 0.3) is 0 Å². The summed E-state index contributed by atoms with van der Waals surface area (Å²) in [5.74, 6) is 0.945. The lowest BCUT2D eigenvalue weighted by atomic mass is 9.89. The second kappa shape index (κ2) is 5.76. The molecule has 0 aliphatic carbocycles. The van der Waals surface area contributed by atoms with Crippen LogP contribution in [-0.2, 0) is 11.2 Å². The second-order valence-corrected chi connectivity index (χ2v) is 7.52. The van der Waals surface area contributed by atoms with Gasteiger partial charge in [-0.05, 0) is 38.3 Å². The largest absolute Gasteiger partial charge is 0.487 e. The molecule has 3 nitrogen and oxygen atoms in total. The monoisotopic (exact) mass is 315 g/mol. The number of carbonyl (C=O) groups excluding carboxylic acids is 1. The van der Waals surface area contributed by atoms with Gasteiger partial charge in [-0.25, -0.2) is 0 Å². The van der Waals surface area contributed by atoms with Crippen LogP contribution in [0.4, 0.5) is 0 Å². The molecule has 0 unspecified atom stereocenters. The molecular weight excluding hydrogens is 294 g/mol. The van der Waals surface area contributed by atoms with Crippen LogP contribution in [0.15, 0.2) is 35.7 Å². The van der Waals surface area contributed by atoms with Crippen LogP contribution < -0.4 is 10.1 Å². The average Bonchev–Trinajstić information content (AvgIpc) is 2.91. The Labute approximate surface area is 135 Å². The summed E-state index contributed by atoms with van der Waals surface area (Å²) >= 11 is 1.62. The zero-order chi connectivity index (χ0) is 15.7. The van der Waals surface area contributed by atoms with Gasteiger partial charge in [0.05, 0.1) is 12.5 Å². The minimum absolute atomic E-state index is 0.00566. The van der Waals surface area contributed by atoms with Crippen LogP contribution in [0.5, 0.6) is 5.75 Å². The van der Waals surface area contributed by atoms with E-state index in [0.717, 1.165) is 22.6 Å². The molecule has 0 saturated carbocycles. The van der Waals surface area contributed by atoms with Crippen LogP contribution in [0.2, 0.25) is 0 Å². The van der Waals surface area contributed by atoms with Gasteiger partial charge in [-0.1, -0.05) is 23.8 Å². The summed E-state index contributed by atoms with van der Waals surface area (Å²) in [4.78, 5) is 13.4. The first-order valence-electron chi connectivity index (χ1n) is 7.54. The van der Waals surface area contributed by atoms with E-state index in [1.54, 1.807) is 11.3 Å². The van der Waals surface area contributed by atoms with Crippen LogP contribution in [0.1, 0.15) is 42.3 Å². The number of nitrogens with one attached hydrogen (secondary N) is 1. The molecule has 4 heteroatoms. The van der Waals surface area contributed by atoms with Gasteiger partial charge >= 0.3 is 0 Å². The summed E-state index contributed by atoms with van der Waals surface area (Å²) in [7, 11) is 0. The fourth-order valence-electron chi connectivity index (χ4n) is 2.92. The van der Waals surface area contributed by atoms with Crippen molar-refractivity contribution in [2.45, 2.75) is 45.3 Å². The highest BCUT2D eigenvalue weighted by molar-refractivity contribution is 7.10. The van der Waals surface area contributed by atoms with E-state index in [4.69, 9.17) is 4.74 Å². The van der Waals surface area contributed by atoms with E-state index in [1.807, 2.05) is 29.6 Å². The van der Waals surface area contributed by atoms with Gasteiger partial charge in [-0.15, -0.1) is 11.3 Å². The topological polar surface area (TPSA) is 38.3 Å².